The molecule has 4 heteroatoms. The monoisotopic (exact) mass is 294 g/mol. The zero-order valence-electron chi connectivity index (χ0n) is 13.2. The number of hydrogen-bond acceptors (Lipinski definition) is 3. The lowest BCUT2D eigenvalue weighted by atomic mass is 9.99. The molecule has 0 amide bonds. The number of rotatable bonds is 7. The fourth-order valence-electron chi connectivity index (χ4n) is 2.88. The summed E-state index contributed by atoms with van der Waals surface area (Å²) >= 11 is 0. The van der Waals surface area contributed by atoms with E-state index in [4.69, 9.17) is 4.74 Å². The quantitative estimate of drug-likeness (QED) is 0.782. The normalized spacial score (nSPS) is 16.1. The van der Waals surface area contributed by atoms with E-state index < -0.39 is 0 Å². The van der Waals surface area contributed by atoms with Crippen molar-refractivity contribution in [1.29, 1.82) is 0 Å². The SMILES string of the molecule is CCCNCc1c(F)cccc1N(C)CC1CCOCC1. The molecule has 2 rings (SSSR count). The van der Waals surface area contributed by atoms with Gasteiger partial charge in [0.25, 0.3) is 0 Å². The predicted octanol–water partition coefficient (Wildman–Crippen LogP) is 3.19. The van der Waals surface area contributed by atoms with E-state index in [-0.39, 0.29) is 5.82 Å². The van der Waals surface area contributed by atoms with Gasteiger partial charge >= 0.3 is 0 Å². The molecule has 1 fully saturated rings. The Labute approximate surface area is 127 Å². The van der Waals surface area contributed by atoms with Gasteiger partial charge in [-0.1, -0.05) is 13.0 Å². The Hall–Kier alpha value is -1.13. The van der Waals surface area contributed by atoms with Gasteiger partial charge in [0, 0.05) is 44.6 Å². The number of ether oxygens (including phenoxy) is 1. The Kier molecular flexibility index (Phi) is 6.46. The Bertz CT molecular complexity index is 433. The van der Waals surface area contributed by atoms with E-state index in [0.717, 1.165) is 56.8 Å². The minimum atomic E-state index is -0.116. The van der Waals surface area contributed by atoms with Crippen LogP contribution in [-0.4, -0.2) is 33.4 Å². The maximum atomic E-state index is 14.1. The Morgan fingerprint density at radius 2 is 2.10 bits per heavy atom. The van der Waals surface area contributed by atoms with Gasteiger partial charge in [0.1, 0.15) is 5.82 Å². The fraction of sp³-hybridized carbons (Fsp3) is 0.647. The van der Waals surface area contributed by atoms with Crippen molar-refractivity contribution in [3.63, 3.8) is 0 Å². The minimum Gasteiger partial charge on any atom is -0.381 e. The zero-order valence-corrected chi connectivity index (χ0v) is 13.2. The summed E-state index contributed by atoms with van der Waals surface area (Å²) in [6, 6.07) is 5.37. The fourth-order valence-corrected chi connectivity index (χ4v) is 2.88. The number of benzene rings is 1. The second-order valence-electron chi connectivity index (χ2n) is 5.85. The molecule has 0 bridgehead atoms. The van der Waals surface area contributed by atoms with E-state index in [1.54, 1.807) is 12.1 Å². The van der Waals surface area contributed by atoms with Crippen molar-refractivity contribution in [2.75, 3.05) is 38.3 Å². The molecule has 0 atom stereocenters. The van der Waals surface area contributed by atoms with Gasteiger partial charge in [0.05, 0.1) is 0 Å². The summed E-state index contributed by atoms with van der Waals surface area (Å²) in [6.45, 7) is 6.30. The third-order valence-corrected chi connectivity index (χ3v) is 4.11. The summed E-state index contributed by atoms with van der Waals surface area (Å²) in [5.74, 6) is 0.526. The molecular weight excluding hydrogens is 267 g/mol. The van der Waals surface area contributed by atoms with E-state index in [9.17, 15) is 4.39 Å². The van der Waals surface area contributed by atoms with Gasteiger partial charge in [-0.05, 0) is 43.9 Å². The lowest BCUT2D eigenvalue weighted by molar-refractivity contribution is 0.0685. The van der Waals surface area contributed by atoms with Gasteiger partial charge in [-0.25, -0.2) is 4.39 Å². The van der Waals surface area contributed by atoms with Crippen molar-refractivity contribution >= 4 is 5.69 Å². The van der Waals surface area contributed by atoms with E-state index in [2.05, 4.69) is 24.2 Å². The Morgan fingerprint density at radius 3 is 2.81 bits per heavy atom. The standard InChI is InChI=1S/C17H27FN2O/c1-3-9-19-12-15-16(18)5-4-6-17(15)20(2)13-14-7-10-21-11-8-14/h4-6,14,19H,3,7-13H2,1-2H3. The van der Waals surface area contributed by atoms with Crippen LogP contribution in [-0.2, 0) is 11.3 Å². The van der Waals surface area contributed by atoms with Crippen molar-refractivity contribution in [2.45, 2.75) is 32.7 Å². The summed E-state index contributed by atoms with van der Waals surface area (Å²) in [5.41, 5.74) is 1.78. The average molecular weight is 294 g/mol. The molecule has 1 saturated heterocycles. The number of nitrogens with zero attached hydrogens (tertiary/aromatic N) is 1. The van der Waals surface area contributed by atoms with E-state index >= 15 is 0 Å². The van der Waals surface area contributed by atoms with Gasteiger partial charge in [-0.2, -0.15) is 0 Å². The third kappa shape index (κ3) is 4.68. The number of halogens is 1. The molecule has 1 aromatic carbocycles. The van der Waals surface area contributed by atoms with Crippen LogP contribution in [0.5, 0.6) is 0 Å². The second-order valence-corrected chi connectivity index (χ2v) is 5.85. The largest absolute Gasteiger partial charge is 0.381 e. The van der Waals surface area contributed by atoms with Gasteiger partial charge in [0.2, 0.25) is 0 Å². The molecule has 0 spiro atoms. The van der Waals surface area contributed by atoms with Crippen LogP contribution in [0.2, 0.25) is 0 Å². The molecule has 0 aromatic heterocycles. The predicted molar refractivity (Wildman–Crippen MR) is 85.2 cm³/mol. The summed E-state index contributed by atoms with van der Waals surface area (Å²) in [7, 11) is 2.06. The van der Waals surface area contributed by atoms with Gasteiger partial charge in [-0.15, -0.1) is 0 Å². The third-order valence-electron chi connectivity index (χ3n) is 4.11. The molecule has 0 unspecified atom stereocenters. The first-order valence-corrected chi connectivity index (χ1v) is 7.99. The Morgan fingerprint density at radius 1 is 1.33 bits per heavy atom. The molecule has 0 radical (unpaired) electrons. The van der Waals surface area contributed by atoms with Gasteiger partial charge in [0.15, 0.2) is 0 Å². The van der Waals surface area contributed by atoms with E-state index in [0.29, 0.717) is 12.5 Å². The summed E-state index contributed by atoms with van der Waals surface area (Å²) in [5, 5.41) is 3.30. The number of nitrogens with one attached hydrogen (secondary N) is 1. The maximum absolute atomic E-state index is 14.1. The maximum Gasteiger partial charge on any atom is 0.129 e. The van der Waals surface area contributed by atoms with Crippen LogP contribution in [0.3, 0.4) is 0 Å². The summed E-state index contributed by atoms with van der Waals surface area (Å²) in [4.78, 5) is 2.20. The Balaban J connectivity index is 2.04. The van der Waals surface area contributed by atoms with Crippen molar-refractivity contribution in [1.82, 2.24) is 5.32 Å². The highest BCUT2D eigenvalue weighted by Crippen LogP contribution is 2.25. The van der Waals surface area contributed by atoms with Crippen LogP contribution in [0.15, 0.2) is 18.2 Å². The van der Waals surface area contributed by atoms with Crippen LogP contribution in [0, 0.1) is 11.7 Å². The lowest BCUT2D eigenvalue weighted by Gasteiger charge is -2.30. The molecule has 0 saturated carbocycles. The van der Waals surface area contributed by atoms with Gasteiger partial charge < -0.3 is 15.0 Å². The molecule has 3 nitrogen and oxygen atoms in total. The molecular formula is C17H27FN2O. The number of anilines is 1. The molecule has 118 valence electrons. The molecule has 21 heavy (non-hydrogen) atoms. The first-order chi connectivity index (χ1) is 10.2. The van der Waals surface area contributed by atoms with Crippen LogP contribution >= 0.6 is 0 Å². The highest BCUT2D eigenvalue weighted by Gasteiger charge is 2.18. The summed E-state index contributed by atoms with van der Waals surface area (Å²) in [6.07, 6.45) is 3.26. The van der Waals surface area contributed by atoms with Crippen molar-refractivity contribution in [3.05, 3.63) is 29.6 Å². The zero-order chi connectivity index (χ0) is 15.1. The first kappa shape index (κ1) is 16.2. The van der Waals surface area contributed by atoms with E-state index in [1.807, 2.05) is 6.07 Å². The molecule has 1 aliphatic heterocycles. The van der Waals surface area contributed by atoms with Crippen molar-refractivity contribution in [2.24, 2.45) is 5.92 Å². The van der Waals surface area contributed by atoms with Gasteiger partial charge in [-0.3, -0.25) is 0 Å². The highest BCUT2D eigenvalue weighted by atomic mass is 19.1. The average Bonchev–Trinajstić information content (AvgIpc) is 2.50. The molecule has 0 aliphatic carbocycles. The van der Waals surface area contributed by atoms with Crippen LogP contribution in [0.25, 0.3) is 0 Å². The van der Waals surface area contributed by atoms with E-state index in [1.165, 1.54) is 0 Å². The van der Waals surface area contributed by atoms with Crippen LogP contribution in [0.1, 0.15) is 31.7 Å². The smallest absolute Gasteiger partial charge is 0.129 e. The molecule has 1 N–H and O–H groups in total. The highest BCUT2D eigenvalue weighted by molar-refractivity contribution is 5.53. The summed E-state index contributed by atoms with van der Waals surface area (Å²) < 4.78 is 19.5. The molecule has 1 aliphatic rings. The lowest BCUT2D eigenvalue weighted by Crippen LogP contribution is -2.30. The molecule has 1 heterocycles. The van der Waals surface area contributed by atoms with Crippen LogP contribution < -0.4 is 10.2 Å². The number of hydrogen-bond donors (Lipinski definition) is 1. The minimum absolute atomic E-state index is 0.116. The van der Waals surface area contributed by atoms with Crippen molar-refractivity contribution in [3.8, 4) is 0 Å². The van der Waals surface area contributed by atoms with Crippen molar-refractivity contribution < 1.29 is 9.13 Å². The van der Waals surface area contributed by atoms with Crippen LogP contribution in [0.4, 0.5) is 10.1 Å². The first-order valence-electron chi connectivity index (χ1n) is 7.99. The molecule has 1 aromatic rings. The second kappa shape index (κ2) is 8.35. The topological polar surface area (TPSA) is 24.5 Å².